The molecule has 156 valence electrons. The van der Waals surface area contributed by atoms with Gasteiger partial charge in [0.1, 0.15) is 11.6 Å². The number of hydrogen-bond acceptors (Lipinski definition) is 3. The zero-order valence-electron chi connectivity index (χ0n) is 17.9. The minimum atomic E-state index is -0.579. The molecular formula is C24H43NO2. The molecule has 0 saturated carbocycles. The average molecular weight is 378 g/mol. The van der Waals surface area contributed by atoms with Gasteiger partial charge < -0.3 is 4.74 Å². The summed E-state index contributed by atoms with van der Waals surface area (Å²) < 4.78 is 4.96. The number of carbonyl (C=O) groups is 1. The summed E-state index contributed by atoms with van der Waals surface area (Å²) >= 11 is 0. The minimum Gasteiger partial charge on any atom is -0.462 e. The molecule has 0 aliphatic carbocycles. The van der Waals surface area contributed by atoms with Gasteiger partial charge in [0.25, 0.3) is 0 Å². The van der Waals surface area contributed by atoms with Gasteiger partial charge in [0.2, 0.25) is 0 Å². The molecule has 0 aliphatic heterocycles. The van der Waals surface area contributed by atoms with Gasteiger partial charge in [0.05, 0.1) is 6.61 Å². The maximum absolute atomic E-state index is 11.2. The Labute approximate surface area is 168 Å². The maximum Gasteiger partial charge on any atom is 0.348 e. The predicted molar refractivity (Wildman–Crippen MR) is 114 cm³/mol. The molecule has 0 heterocycles. The maximum atomic E-state index is 11.2. The molecule has 3 heteroatoms. The number of rotatable bonds is 20. The lowest BCUT2D eigenvalue weighted by Gasteiger charge is -2.04. The van der Waals surface area contributed by atoms with Crippen molar-refractivity contribution in [2.75, 3.05) is 6.61 Å². The Morgan fingerprint density at radius 1 is 0.704 bits per heavy atom. The van der Waals surface area contributed by atoms with Crippen molar-refractivity contribution in [2.24, 2.45) is 0 Å². The summed E-state index contributed by atoms with van der Waals surface area (Å²) in [5.74, 6) is -0.579. The van der Waals surface area contributed by atoms with E-state index < -0.39 is 5.97 Å². The van der Waals surface area contributed by atoms with Crippen LogP contribution >= 0.6 is 0 Å². The van der Waals surface area contributed by atoms with Crippen LogP contribution in [0.15, 0.2) is 12.2 Å². The molecule has 0 amide bonds. The smallest absolute Gasteiger partial charge is 0.348 e. The third kappa shape index (κ3) is 19.3. The van der Waals surface area contributed by atoms with Gasteiger partial charge in [0, 0.05) is 0 Å². The molecule has 0 aromatic rings. The number of hydrogen-bond donors (Lipinski definition) is 0. The van der Waals surface area contributed by atoms with Crippen LogP contribution in [-0.2, 0) is 9.53 Å². The molecule has 0 atom stereocenters. The first kappa shape index (κ1) is 25.7. The monoisotopic (exact) mass is 377 g/mol. The zero-order valence-corrected chi connectivity index (χ0v) is 17.9. The number of nitriles is 1. The lowest BCUT2D eigenvalue weighted by molar-refractivity contribution is -0.138. The van der Waals surface area contributed by atoms with Crippen molar-refractivity contribution < 1.29 is 9.53 Å². The van der Waals surface area contributed by atoms with E-state index in [0.717, 1.165) is 12.8 Å². The second kappa shape index (κ2) is 21.0. The van der Waals surface area contributed by atoms with Crippen LogP contribution < -0.4 is 0 Å². The normalized spacial score (nSPS) is 10.5. The molecule has 0 fully saturated rings. The Bertz CT molecular complexity index is 398. The van der Waals surface area contributed by atoms with Crippen LogP contribution in [0.25, 0.3) is 0 Å². The molecule has 0 aromatic carbocycles. The van der Waals surface area contributed by atoms with E-state index in [9.17, 15) is 4.79 Å². The van der Waals surface area contributed by atoms with E-state index in [1.807, 2.05) is 0 Å². The summed E-state index contributed by atoms with van der Waals surface area (Å²) in [6.45, 7) is 6.02. The first-order valence-corrected chi connectivity index (χ1v) is 11.5. The van der Waals surface area contributed by atoms with Crippen molar-refractivity contribution >= 4 is 5.97 Å². The number of esters is 1. The van der Waals surface area contributed by atoms with Crippen LogP contribution in [0.1, 0.15) is 122 Å². The molecule has 27 heavy (non-hydrogen) atoms. The summed E-state index contributed by atoms with van der Waals surface area (Å²) in [5.41, 5.74) is -0.114. The topological polar surface area (TPSA) is 50.1 Å². The third-order valence-electron chi connectivity index (χ3n) is 5.11. The highest BCUT2D eigenvalue weighted by atomic mass is 16.5. The van der Waals surface area contributed by atoms with Crippen LogP contribution in [-0.4, -0.2) is 12.6 Å². The van der Waals surface area contributed by atoms with Gasteiger partial charge in [-0.05, 0) is 6.42 Å². The molecule has 0 aliphatic rings. The first-order chi connectivity index (χ1) is 13.2. The van der Waals surface area contributed by atoms with Crippen molar-refractivity contribution in [3.8, 4) is 6.07 Å². The molecule has 0 bridgehead atoms. The van der Waals surface area contributed by atoms with Gasteiger partial charge in [-0.25, -0.2) is 4.79 Å². The zero-order chi connectivity index (χ0) is 20.0. The Balaban J connectivity index is 3.10. The van der Waals surface area contributed by atoms with E-state index in [2.05, 4.69) is 13.5 Å². The fourth-order valence-corrected chi connectivity index (χ4v) is 3.30. The van der Waals surface area contributed by atoms with E-state index in [1.165, 1.54) is 103 Å². The number of unbranched alkanes of at least 4 members (excludes halogenated alkanes) is 17. The van der Waals surface area contributed by atoms with Crippen LogP contribution in [0.4, 0.5) is 0 Å². The van der Waals surface area contributed by atoms with E-state index in [-0.39, 0.29) is 5.57 Å². The van der Waals surface area contributed by atoms with Crippen molar-refractivity contribution in [2.45, 2.75) is 122 Å². The summed E-state index contributed by atoms with van der Waals surface area (Å²) in [6, 6.07) is 1.71. The third-order valence-corrected chi connectivity index (χ3v) is 5.11. The van der Waals surface area contributed by atoms with Crippen molar-refractivity contribution in [3.63, 3.8) is 0 Å². The molecule has 0 radical (unpaired) electrons. The van der Waals surface area contributed by atoms with Gasteiger partial charge in [-0.1, -0.05) is 123 Å². The summed E-state index contributed by atoms with van der Waals surface area (Å²) in [4.78, 5) is 11.2. The molecule has 0 N–H and O–H groups in total. The van der Waals surface area contributed by atoms with Crippen LogP contribution in [0, 0.1) is 11.3 Å². The van der Waals surface area contributed by atoms with Gasteiger partial charge in [-0.15, -0.1) is 0 Å². The first-order valence-electron chi connectivity index (χ1n) is 11.5. The second-order valence-corrected chi connectivity index (χ2v) is 7.74. The van der Waals surface area contributed by atoms with E-state index in [4.69, 9.17) is 10.00 Å². The second-order valence-electron chi connectivity index (χ2n) is 7.74. The highest BCUT2D eigenvalue weighted by Gasteiger charge is 2.06. The predicted octanol–water partition coefficient (Wildman–Crippen LogP) is 7.65. The molecule has 0 saturated heterocycles. The number of ether oxygens (including phenoxy) is 1. The summed E-state index contributed by atoms with van der Waals surface area (Å²) in [6.07, 6.45) is 24.1. The van der Waals surface area contributed by atoms with E-state index >= 15 is 0 Å². The van der Waals surface area contributed by atoms with Crippen molar-refractivity contribution in [1.82, 2.24) is 0 Å². The van der Waals surface area contributed by atoms with Crippen molar-refractivity contribution in [3.05, 3.63) is 12.2 Å². The number of carbonyl (C=O) groups excluding carboxylic acids is 1. The van der Waals surface area contributed by atoms with Gasteiger partial charge >= 0.3 is 5.97 Å². The largest absolute Gasteiger partial charge is 0.462 e. The van der Waals surface area contributed by atoms with Gasteiger partial charge in [-0.2, -0.15) is 5.26 Å². The average Bonchev–Trinajstić information content (AvgIpc) is 2.68. The van der Waals surface area contributed by atoms with Gasteiger partial charge in [-0.3, -0.25) is 0 Å². The highest BCUT2D eigenvalue weighted by molar-refractivity contribution is 5.91. The Morgan fingerprint density at radius 3 is 1.37 bits per heavy atom. The molecular weight excluding hydrogens is 334 g/mol. The molecule has 0 spiro atoms. The summed E-state index contributed by atoms with van der Waals surface area (Å²) in [7, 11) is 0. The van der Waals surface area contributed by atoms with Crippen LogP contribution in [0.2, 0.25) is 0 Å². The number of nitrogens with zero attached hydrogens (tertiary/aromatic N) is 1. The molecule has 0 rings (SSSR count). The minimum absolute atomic E-state index is 0.114. The van der Waals surface area contributed by atoms with Crippen LogP contribution in [0.5, 0.6) is 0 Å². The fraction of sp³-hybridized carbons (Fsp3) is 0.833. The highest BCUT2D eigenvalue weighted by Crippen LogP contribution is 2.14. The Kier molecular flexibility index (Phi) is 20.0. The Morgan fingerprint density at radius 2 is 1.04 bits per heavy atom. The SMILES string of the molecule is C=C(C#N)C(=O)OCCCCCCCCCCCCCCCCCCCC. The van der Waals surface area contributed by atoms with E-state index in [0.29, 0.717) is 6.61 Å². The quantitative estimate of drug-likeness (QED) is 0.0947. The van der Waals surface area contributed by atoms with E-state index in [1.54, 1.807) is 6.07 Å². The molecule has 3 nitrogen and oxygen atoms in total. The van der Waals surface area contributed by atoms with Gasteiger partial charge in [0.15, 0.2) is 0 Å². The fourth-order valence-electron chi connectivity index (χ4n) is 3.30. The lowest BCUT2D eigenvalue weighted by atomic mass is 10.0. The lowest BCUT2D eigenvalue weighted by Crippen LogP contribution is -2.06. The summed E-state index contributed by atoms with van der Waals surface area (Å²) in [5, 5.41) is 8.51. The molecule has 0 aromatic heterocycles. The Hall–Kier alpha value is -1.30. The van der Waals surface area contributed by atoms with Crippen LogP contribution in [0.3, 0.4) is 0 Å². The molecule has 0 unspecified atom stereocenters. The standard InChI is InChI=1S/C24H43NO2/c1-3-4-5-6-7-8-9-10-11-12-13-14-15-16-17-18-19-20-21-27-24(26)23(2)22-25/h2-21H2,1H3. The van der Waals surface area contributed by atoms with Crippen molar-refractivity contribution in [1.29, 1.82) is 5.26 Å².